The Morgan fingerprint density at radius 2 is 0.772 bits per heavy atom. The van der Waals surface area contributed by atoms with Crippen LogP contribution in [0.15, 0.2) is 218 Å². The Labute approximate surface area is 386 Å². The van der Waals surface area contributed by atoms with Crippen LogP contribution in [0, 0.1) is 0 Å². The Kier molecular flexibility index (Phi) is 3.67. The summed E-state index contributed by atoms with van der Waals surface area (Å²) >= 11 is 13.3. The third-order valence-corrected chi connectivity index (χ3v) is 19.1. The molecule has 0 bridgehead atoms. The van der Waals surface area contributed by atoms with E-state index in [9.17, 15) is 19.2 Å². The highest BCUT2D eigenvalue weighted by molar-refractivity contribution is 8.26. The number of fused-ring (bicyclic) bond motifs is 12. The topological polar surface area (TPSA) is 0 Å². The molecule has 0 fully saturated rings. The molecule has 4 heteroatoms. The molecule has 0 atom stereocenters. The van der Waals surface area contributed by atoms with Gasteiger partial charge in [-0.1, -0.05) is 229 Å². The van der Waals surface area contributed by atoms with Gasteiger partial charge in [0, 0.05) is 12.1 Å². The predicted molar refractivity (Wildman–Crippen MR) is 252 cm³/mol. The van der Waals surface area contributed by atoms with Crippen LogP contribution in [0.3, 0.4) is 0 Å². The summed E-state index contributed by atoms with van der Waals surface area (Å²) in [4.78, 5) is 0. The van der Waals surface area contributed by atoms with E-state index in [4.69, 9.17) is 45.5 Å². The largest absolute Gasteiger partial charge is 0.0826 e. The van der Waals surface area contributed by atoms with Crippen molar-refractivity contribution in [2.45, 2.75) is 5.41 Å². The molecule has 9 aromatic carbocycles. The minimum atomic E-state index is -4.81. The standard InChI is InChI=1S/C53H36P2S2/c56-54(38-18-5-1-6-19-38,39-20-7-2-8-21-39)42-30-32-45-46-33-31-43(55(57,40-22-9-3-10-23-40)41-24-11-4-12-25-41)36-51(46)53(50(45)35-42)48-28-16-15-27-47(48)52-44-26-14-13-17-37(44)29-34-49(52)53/h1-36H/i1D,2D,3D,4D,5D,6D,7D,8D,9D,10D,11D,12D,13D,14D,15D,16D,17D,18D,19D,20D,21D,22D,23D,24D,25D,26D,27D,28D,29D,34D. The lowest BCUT2D eigenvalue weighted by atomic mass is 9.70. The molecule has 1 spiro atoms. The van der Waals surface area contributed by atoms with Crippen molar-refractivity contribution < 1.29 is 41.1 Å². The summed E-state index contributed by atoms with van der Waals surface area (Å²) in [5.74, 6) is 0. The van der Waals surface area contributed by atoms with Crippen molar-refractivity contribution in [1.82, 2.24) is 0 Å². The fraction of sp³-hybridized carbons (Fsp3) is 0.0189. The predicted octanol–water partition coefficient (Wildman–Crippen LogP) is 10.7. The van der Waals surface area contributed by atoms with Gasteiger partial charge in [-0.3, -0.25) is 0 Å². The van der Waals surface area contributed by atoms with E-state index in [-0.39, 0.29) is 32.9 Å². The number of hydrogen-bond acceptors (Lipinski definition) is 2. The first-order valence-electron chi connectivity index (χ1n) is 31.9. The Bertz CT molecular complexity index is 4440. The van der Waals surface area contributed by atoms with E-state index in [0.29, 0.717) is 0 Å². The first-order valence-corrected chi connectivity index (χ1v) is 22.5. The first-order chi connectivity index (χ1) is 40.5. The zero-order valence-corrected chi connectivity index (χ0v) is 32.1. The van der Waals surface area contributed by atoms with Crippen molar-refractivity contribution in [3.8, 4) is 22.3 Å². The Morgan fingerprint density at radius 3 is 1.26 bits per heavy atom. The maximum atomic E-state index is 10.2. The third-order valence-electron chi connectivity index (χ3n) is 10.2. The molecule has 57 heavy (non-hydrogen) atoms. The molecule has 11 rings (SSSR count). The Morgan fingerprint density at radius 1 is 0.351 bits per heavy atom. The maximum Gasteiger partial charge on any atom is 0.0726 e. The maximum absolute atomic E-state index is 10.2. The van der Waals surface area contributed by atoms with Gasteiger partial charge < -0.3 is 0 Å². The number of benzene rings is 9. The Balaban J connectivity index is 1.44. The van der Waals surface area contributed by atoms with Crippen LogP contribution in [0.25, 0.3) is 33.0 Å². The zero-order chi connectivity index (χ0) is 64.3. The summed E-state index contributed by atoms with van der Waals surface area (Å²) in [5, 5.41) is -4.46. The van der Waals surface area contributed by atoms with Gasteiger partial charge in [0.25, 0.3) is 0 Å². The van der Waals surface area contributed by atoms with Crippen LogP contribution in [0.4, 0.5) is 0 Å². The van der Waals surface area contributed by atoms with Gasteiger partial charge in [0.15, 0.2) is 0 Å². The smallest absolute Gasteiger partial charge is 0.0726 e. The van der Waals surface area contributed by atoms with Crippen LogP contribution >= 0.6 is 12.1 Å². The van der Waals surface area contributed by atoms with Gasteiger partial charge >= 0.3 is 0 Å². The fourth-order valence-electron chi connectivity index (χ4n) is 7.92. The molecule has 0 saturated heterocycles. The van der Waals surface area contributed by atoms with Crippen LogP contribution in [-0.4, -0.2) is 0 Å². The second-order valence-corrected chi connectivity index (χ2v) is 21.4. The molecule has 270 valence electrons. The highest BCUT2D eigenvalue weighted by Crippen LogP contribution is 2.64. The average molecular weight is 829 g/mol. The van der Waals surface area contributed by atoms with Crippen LogP contribution in [0.1, 0.15) is 63.4 Å². The summed E-state index contributed by atoms with van der Waals surface area (Å²) in [6.07, 6.45) is 0. The highest BCUT2D eigenvalue weighted by Gasteiger charge is 2.53. The van der Waals surface area contributed by atoms with E-state index in [1.165, 1.54) is 36.4 Å². The highest BCUT2D eigenvalue weighted by atomic mass is 32.4. The molecule has 0 radical (unpaired) electrons. The molecule has 0 heterocycles. The number of hydrogen-bond donors (Lipinski definition) is 0. The average Bonchev–Trinajstić information content (AvgIpc) is 1.50. The third kappa shape index (κ3) is 4.92. The molecular weight excluding hydrogens is 763 g/mol. The molecule has 0 saturated carbocycles. The lowest BCUT2D eigenvalue weighted by Gasteiger charge is -2.33. The molecular formula is C53H36P2S2. The van der Waals surface area contributed by atoms with E-state index in [1.807, 2.05) is 0 Å². The summed E-state index contributed by atoms with van der Waals surface area (Å²) < 4.78 is 274. The van der Waals surface area contributed by atoms with Crippen LogP contribution in [-0.2, 0) is 29.0 Å². The molecule has 2 aliphatic rings. The van der Waals surface area contributed by atoms with Crippen molar-refractivity contribution in [3.05, 3.63) is 240 Å². The quantitative estimate of drug-likeness (QED) is 0.153. The van der Waals surface area contributed by atoms with Gasteiger partial charge in [-0.2, -0.15) is 0 Å². The van der Waals surface area contributed by atoms with Crippen molar-refractivity contribution in [2.75, 3.05) is 0 Å². The van der Waals surface area contributed by atoms with Gasteiger partial charge in [0.05, 0.1) is 46.5 Å². The summed E-state index contributed by atoms with van der Waals surface area (Å²) in [7, 11) is 0. The fourth-order valence-corrected chi connectivity index (χ4v) is 14.1. The lowest BCUT2D eigenvalue weighted by Crippen LogP contribution is -2.30. The van der Waals surface area contributed by atoms with Crippen molar-refractivity contribution in [3.63, 3.8) is 0 Å². The van der Waals surface area contributed by atoms with E-state index >= 15 is 0 Å². The van der Waals surface area contributed by atoms with Gasteiger partial charge in [-0.15, -0.1) is 0 Å². The normalized spacial score (nSPS) is 20.9. The number of rotatable bonds is 6. The molecule has 2 aliphatic carbocycles. The van der Waals surface area contributed by atoms with E-state index in [1.54, 1.807) is 0 Å². The second kappa shape index (κ2) is 13.3. The molecule has 0 nitrogen and oxygen atoms in total. The Hall–Kier alpha value is -5.46. The van der Waals surface area contributed by atoms with Gasteiger partial charge in [-0.25, -0.2) is 0 Å². The van der Waals surface area contributed by atoms with Gasteiger partial charge in [0.2, 0.25) is 0 Å². The van der Waals surface area contributed by atoms with E-state index in [0.717, 1.165) is 0 Å². The minimum absolute atomic E-state index is 0.0371. The summed E-state index contributed by atoms with van der Waals surface area (Å²) in [5.41, 5.74) is -4.83. The van der Waals surface area contributed by atoms with E-state index in [2.05, 4.69) is 0 Å². The zero-order valence-electron chi connectivity index (χ0n) is 58.7. The van der Waals surface area contributed by atoms with Crippen molar-refractivity contribution in [2.24, 2.45) is 0 Å². The SMILES string of the molecule is [2H]c1c([2H])c([2H])c(P(=S)(c2ccc3c(c2)C2(c4cc(P(=S)(c5c([2H])c([2H])c([2H])c([2H])c5[2H])c5c([2H])c([2H])c([2H])c([2H])c5[2H])ccc4-3)c3c([2H])c([2H])c([2H])c([2H])c3-c3c2c([2H])c([2H])c2c([2H])c([2H])c([2H])c([2H])c32)c2c([2H])c([2H])c([2H])c([2H])c2[2H])c([2H])c1[2H]. The van der Waals surface area contributed by atoms with E-state index < -0.39 is 253 Å². The molecule has 0 N–H and O–H groups in total. The molecule has 0 aromatic heterocycles. The van der Waals surface area contributed by atoms with Gasteiger partial charge in [0.1, 0.15) is 0 Å². The molecule has 9 aromatic rings. The van der Waals surface area contributed by atoms with Gasteiger partial charge in [-0.05, 0) is 99.2 Å². The molecule has 0 amide bonds. The van der Waals surface area contributed by atoms with Crippen LogP contribution < -0.4 is 31.8 Å². The first kappa shape index (κ1) is 15.7. The summed E-state index contributed by atoms with van der Waals surface area (Å²) in [6.45, 7) is 0. The second-order valence-electron chi connectivity index (χ2n) is 12.8. The van der Waals surface area contributed by atoms with Crippen molar-refractivity contribution >= 4 is 78.3 Å². The molecule has 0 unspecified atom stereocenters. The summed E-state index contributed by atoms with van der Waals surface area (Å²) in [6, 6.07) is -29.1. The lowest BCUT2D eigenvalue weighted by molar-refractivity contribution is 0.796. The monoisotopic (exact) mass is 828 g/mol. The van der Waals surface area contributed by atoms with Crippen molar-refractivity contribution in [1.29, 1.82) is 0 Å². The van der Waals surface area contributed by atoms with Crippen LogP contribution in [0.5, 0.6) is 0 Å². The molecule has 0 aliphatic heterocycles. The minimum Gasteiger partial charge on any atom is -0.0826 e. The van der Waals surface area contributed by atoms with Crippen LogP contribution in [0.2, 0.25) is 0 Å².